The molecule has 2 aromatic rings. The number of aromatic nitrogens is 4. The van der Waals surface area contributed by atoms with Gasteiger partial charge >= 0.3 is 0 Å². The number of nitrogens with zero attached hydrogens (tertiary/aromatic N) is 4. The molecule has 0 aliphatic rings. The standard InChI is InChI=1S/C11H13N5O/c1-12-9(8-3-4-15-16-7-8)10-11(17-2)14-6-5-13-10/h3-7,9,12H,1-2H3. The third kappa shape index (κ3) is 2.36. The van der Waals surface area contributed by atoms with Crippen molar-refractivity contribution in [3.8, 4) is 5.88 Å². The van der Waals surface area contributed by atoms with Crippen LogP contribution in [0.4, 0.5) is 0 Å². The lowest BCUT2D eigenvalue weighted by atomic mass is 10.1. The zero-order chi connectivity index (χ0) is 12.1. The van der Waals surface area contributed by atoms with Gasteiger partial charge in [0, 0.05) is 18.6 Å². The van der Waals surface area contributed by atoms with Crippen LogP contribution in [-0.4, -0.2) is 34.3 Å². The second-order valence-corrected chi connectivity index (χ2v) is 3.35. The van der Waals surface area contributed by atoms with Crippen molar-refractivity contribution in [1.29, 1.82) is 0 Å². The molecule has 0 radical (unpaired) electrons. The van der Waals surface area contributed by atoms with Gasteiger partial charge in [-0.3, -0.25) is 4.98 Å². The second-order valence-electron chi connectivity index (χ2n) is 3.35. The van der Waals surface area contributed by atoms with E-state index in [1.165, 1.54) is 0 Å². The normalized spacial score (nSPS) is 12.1. The van der Waals surface area contributed by atoms with Crippen molar-refractivity contribution in [3.05, 3.63) is 42.1 Å². The third-order valence-corrected chi connectivity index (χ3v) is 2.39. The molecule has 0 aliphatic heterocycles. The lowest BCUT2D eigenvalue weighted by Crippen LogP contribution is -2.20. The summed E-state index contributed by atoms with van der Waals surface area (Å²) >= 11 is 0. The minimum atomic E-state index is -0.117. The average molecular weight is 231 g/mol. The summed E-state index contributed by atoms with van der Waals surface area (Å²) in [6.45, 7) is 0. The van der Waals surface area contributed by atoms with E-state index in [0.717, 1.165) is 11.3 Å². The van der Waals surface area contributed by atoms with Crippen LogP contribution in [0.3, 0.4) is 0 Å². The Morgan fingerprint density at radius 1 is 1.18 bits per heavy atom. The van der Waals surface area contributed by atoms with E-state index in [4.69, 9.17) is 4.74 Å². The highest BCUT2D eigenvalue weighted by atomic mass is 16.5. The predicted octanol–water partition coefficient (Wildman–Crippen LogP) is 0.584. The maximum absolute atomic E-state index is 5.20. The third-order valence-electron chi connectivity index (χ3n) is 2.39. The van der Waals surface area contributed by atoms with E-state index >= 15 is 0 Å². The minimum Gasteiger partial charge on any atom is -0.480 e. The molecule has 17 heavy (non-hydrogen) atoms. The van der Waals surface area contributed by atoms with Crippen molar-refractivity contribution in [2.45, 2.75) is 6.04 Å². The zero-order valence-electron chi connectivity index (χ0n) is 9.66. The molecule has 0 aromatic carbocycles. The van der Waals surface area contributed by atoms with Crippen molar-refractivity contribution in [1.82, 2.24) is 25.5 Å². The van der Waals surface area contributed by atoms with Gasteiger partial charge in [0.05, 0.1) is 19.3 Å². The number of hydrogen-bond donors (Lipinski definition) is 1. The van der Waals surface area contributed by atoms with E-state index < -0.39 is 0 Å². The Morgan fingerprint density at radius 3 is 2.65 bits per heavy atom. The Bertz CT molecular complexity index is 476. The monoisotopic (exact) mass is 231 g/mol. The largest absolute Gasteiger partial charge is 0.480 e. The van der Waals surface area contributed by atoms with E-state index in [2.05, 4.69) is 25.5 Å². The fourth-order valence-electron chi connectivity index (χ4n) is 1.62. The van der Waals surface area contributed by atoms with Gasteiger partial charge in [-0.2, -0.15) is 10.2 Å². The Kier molecular flexibility index (Phi) is 3.56. The molecule has 0 fully saturated rings. The molecule has 2 rings (SSSR count). The van der Waals surface area contributed by atoms with E-state index in [1.54, 1.807) is 31.9 Å². The van der Waals surface area contributed by atoms with E-state index in [9.17, 15) is 0 Å². The first kappa shape index (κ1) is 11.4. The first-order chi connectivity index (χ1) is 8.36. The highest BCUT2D eigenvalue weighted by Gasteiger charge is 2.18. The first-order valence-corrected chi connectivity index (χ1v) is 5.15. The second kappa shape index (κ2) is 5.31. The van der Waals surface area contributed by atoms with Crippen molar-refractivity contribution in [2.24, 2.45) is 0 Å². The molecule has 2 heterocycles. The molecule has 0 saturated carbocycles. The summed E-state index contributed by atoms with van der Waals surface area (Å²) in [5, 5.41) is 10.8. The lowest BCUT2D eigenvalue weighted by molar-refractivity contribution is 0.384. The summed E-state index contributed by atoms with van der Waals surface area (Å²) in [7, 11) is 3.42. The number of ether oxygens (including phenoxy) is 1. The van der Waals surface area contributed by atoms with Gasteiger partial charge in [-0.05, 0) is 18.7 Å². The Hall–Kier alpha value is -2.08. The number of nitrogens with one attached hydrogen (secondary N) is 1. The number of rotatable bonds is 4. The summed E-state index contributed by atoms with van der Waals surface area (Å²) in [6.07, 6.45) is 6.56. The summed E-state index contributed by atoms with van der Waals surface area (Å²) in [4.78, 5) is 8.43. The van der Waals surface area contributed by atoms with E-state index in [-0.39, 0.29) is 6.04 Å². The molecule has 0 aliphatic carbocycles. The van der Waals surface area contributed by atoms with Crippen LogP contribution in [0.25, 0.3) is 0 Å². The SMILES string of the molecule is CNC(c1ccnnc1)c1nccnc1OC. The molecular weight excluding hydrogens is 218 g/mol. The van der Waals surface area contributed by atoms with Crippen LogP contribution in [0.15, 0.2) is 30.9 Å². The van der Waals surface area contributed by atoms with Crippen LogP contribution in [0.2, 0.25) is 0 Å². The molecule has 0 spiro atoms. The van der Waals surface area contributed by atoms with Crippen LogP contribution in [0.5, 0.6) is 5.88 Å². The number of hydrogen-bond acceptors (Lipinski definition) is 6. The molecule has 1 unspecified atom stereocenters. The van der Waals surface area contributed by atoms with Crippen LogP contribution >= 0.6 is 0 Å². The predicted molar refractivity (Wildman–Crippen MR) is 61.5 cm³/mol. The van der Waals surface area contributed by atoms with E-state index in [0.29, 0.717) is 5.88 Å². The average Bonchev–Trinajstić information content (AvgIpc) is 2.41. The van der Waals surface area contributed by atoms with Gasteiger partial charge < -0.3 is 10.1 Å². The molecule has 6 heteroatoms. The quantitative estimate of drug-likeness (QED) is 0.830. The van der Waals surface area contributed by atoms with Crippen molar-refractivity contribution >= 4 is 0 Å². The van der Waals surface area contributed by atoms with Gasteiger partial charge in [0.15, 0.2) is 0 Å². The van der Waals surface area contributed by atoms with Crippen molar-refractivity contribution in [2.75, 3.05) is 14.2 Å². The van der Waals surface area contributed by atoms with Crippen LogP contribution in [0.1, 0.15) is 17.3 Å². The van der Waals surface area contributed by atoms with Gasteiger partial charge in [-0.25, -0.2) is 4.98 Å². The molecule has 6 nitrogen and oxygen atoms in total. The minimum absolute atomic E-state index is 0.117. The smallest absolute Gasteiger partial charge is 0.237 e. The van der Waals surface area contributed by atoms with E-state index in [1.807, 2.05) is 13.1 Å². The highest BCUT2D eigenvalue weighted by Crippen LogP contribution is 2.24. The fraction of sp³-hybridized carbons (Fsp3) is 0.273. The molecule has 0 saturated heterocycles. The van der Waals surface area contributed by atoms with Gasteiger partial charge in [-0.15, -0.1) is 0 Å². The number of methoxy groups -OCH3 is 1. The Morgan fingerprint density at radius 2 is 2.00 bits per heavy atom. The topological polar surface area (TPSA) is 72.8 Å². The summed E-state index contributed by atoms with van der Waals surface area (Å²) in [6, 6.07) is 1.76. The van der Waals surface area contributed by atoms with Crippen LogP contribution in [0, 0.1) is 0 Å². The molecule has 1 N–H and O–H groups in total. The van der Waals surface area contributed by atoms with Gasteiger partial charge in [0.1, 0.15) is 5.69 Å². The van der Waals surface area contributed by atoms with Gasteiger partial charge in [0.25, 0.3) is 0 Å². The summed E-state index contributed by atoms with van der Waals surface area (Å²) in [5.74, 6) is 0.503. The molecule has 0 amide bonds. The molecule has 1 atom stereocenters. The Labute approximate surface area is 99.1 Å². The molecule has 2 aromatic heterocycles. The maximum atomic E-state index is 5.20. The van der Waals surface area contributed by atoms with Crippen LogP contribution in [-0.2, 0) is 0 Å². The van der Waals surface area contributed by atoms with Crippen LogP contribution < -0.4 is 10.1 Å². The molecule has 0 bridgehead atoms. The fourth-order valence-corrected chi connectivity index (χ4v) is 1.62. The van der Waals surface area contributed by atoms with Crippen molar-refractivity contribution in [3.63, 3.8) is 0 Å². The molecule has 88 valence electrons. The highest BCUT2D eigenvalue weighted by molar-refractivity contribution is 5.30. The van der Waals surface area contributed by atoms with Crippen molar-refractivity contribution < 1.29 is 4.74 Å². The first-order valence-electron chi connectivity index (χ1n) is 5.15. The zero-order valence-corrected chi connectivity index (χ0v) is 9.66. The Balaban J connectivity index is 2.42. The maximum Gasteiger partial charge on any atom is 0.237 e. The van der Waals surface area contributed by atoms with Gasteiger partial charge in [0.2, 0.25) is 5.88 Å². The van der Waals surface area contributed by atoms with Gasteiger partial charge in [-0.1, -0.05) is 0 Å². The summed E-state index contributed by atoms with van der Waals surface area (Å²) < 4.78 is 5.20. The lowest BCUT2D eigenvalue weighted by Gasteiger charge is -2.16. The summed E-state index contributed by atoms with van der Waals surface area (Å²) in [5.41, 5.74) is 1.69. The molecular formula is C11H13N5O.